The highest BCUT2D eigenvalue weighted by atomic mass is 15.2. The number of rotatable bonds is 5. The molecule has 18 heavy (non-hydrogen) atoms. The van der Waals surface area contributed by atoms with Gasteiger partial charge in [-0.3, -0.25) is 0 Å². The van der Waals surface area contributed by atoms with Gasteiger partial charge in [0.2, 0.25) is 0 Å². The zero-order valence-corrected chi connectivity index (χ0v) is 12.6. The number of hydrogen-bond acceptors (Lipinski definition) is 2. The van der Waals surface area contributed by atoms with Gasteiger partial charge in [-0.1, -0.05) is 20.8 Å². The van der Waals surface area contributed by atoms with Crippen molar-refractivity contribution in [2.45, 2.75) is 58.9 Å². The van der Waals surface area contributed by atoms with E-state index in [0.29, 0.717) is 0 Å². The molecule has 1 N–H and O–H groups in total. The quantitative estimate of drug-likeness (QED) is 0.809. The summed E-state index contributed by atoms with van der Waals surface area (Å²) in [6.07, 6.45) is 7.18. The van der Waals surface area contributed by atoms with Crippen molar-refractivity contribution < 1.29 is 0 Å². The maximum Gasteiger partial charge on any atom is 0.0136 e. The third-order valence-electron chi connectivity index (χ3n) is 4.86. The van der Waals surface area contributed by atoms with E-state index in [1.54, 1.807) is 0 Å². The zero-order chi connectivity index (χ0) is 13.0. The minimum Gasteiger partial charge on any atom is -0.316 e. The van der Waals surface area contributed by atoms with Gasteiger partial charge >= 0.3 is 0 Å². The fourth-order valence-corrected chi connectivity index (χ4v) is 3.44. The average Bonchev–Trinajstić information content (AvgIpc) is 2.48. The SMILES string of the molecule is CC(C)CNCC1CCC1N1CCCC(C)CC1. The zero-order valence-electron chi connectivity index (χ0n) is 12.6. The lowest BCUT2D eigenvalue weighted by Gasteiger charge is -2.44. The Morgan fingerprint density at radius 3 is 2.61 bits per heavy atom. The molecular formula is C16H32N2. The molecular weight excluding hydrogens is 220 g/mol. The summed E-state index contributed by atoms with van der Waals surface area (Å²) in [7, 11) is 0. The van der Waals surface area contributed by atoms with Gasteiger partial charge in [0.05, 0.1) is 0 Å². The Balaban J connectivity index is 1.71. The van der Waals surface area contributed by atoms with E-state index >= 15 is 0 Å². The van der Waals surface area contributed by atoms with E-state index in [-0.39, 0.29) is 0 Å². The Hall–Kier alpha value is -0.0800. The van der Waals surface area contributed by atoms with Crippen molar-refractivity contribution >= 4 is 0 Å². The van der Waals surface area contributed by atoms with Crippen molar-refractivity contribution in [2.24, 2.45) is 17.8 Å². The molecule has 2 aliphatic rings. The van der Waals surface area contributed by atoms with Crippen LogP contribution in [0.3, 0.4) is 0 Å². The predicted molar refractivity (Wildman–Crippen MR) is 78.8 cm³/mol. The highest BCUT2D eigenvalue weighted by molar-refractivity contribution is 4.91. The molecule has 2 heteroatoms. The highest BCUT2D eigenvalue weighted by Gasteiger charge is 2.35. The van der Waals surface area contributed by atoms with Crippen LogP contribution in [0.15, 0.2) is 0 Å². The maximum absolute atomic E-state index is 3.65. The van der Waals surface area contributed by atoms with E-state index in [1.807, 2.05) is 0 Å². The smallest absolute Gasteiger partial charge is 0.0136 e. The van der Waals surface area contributed by atoms with Crippen LogP contribution in [-0.2, 0) is 0 Å². The molecule has 2 rings (SSSR count). The Morgan fingerprint density at radius 1 is 1.11 bits per heavy atom. The van der Waals surface area contributed by atoms with E-state index in [4.69, 9.17) is 0 Å². The summed E-state index contributed by atoms with van der Waals surface area (Å²) in [6.45, 7) is 12.1. The maximum atomic E-state index is 3.65. The molecule has 2 fully saturated rings. The predicted octanol–water partition coefficient (Wildman–Crippen LogP) is 3.13. The van der Waals surface area contributed by atoms with Crippen LogP contribution in [0.25, 0.3) is 0 Å². The second kappa shape index (κ2) is 6.91. The molecule has 3 atom stereocenters. The van der Waals surface area contributed by atoms with Gasteiger partial charge in [-0.05, 0) is 76.0 Å². The van der Waals surface area contributed by atoms with Crippen molar-refractivity contribution in [2.75, 3.05) is 26.2 Å². The third kappa shape index (κ3) is 3.96. The Bertz CT molecular complexity index is 239. The van der Waals surface area contributed by atoms with Crippen molar-refractivity contribution in [1.29, 1.82) is 0 Å². The van der Waals surface area contributed by atoms with E-state index in [1.165, 1.54) is 58.3 Å². The lowest BCUT2D eigenvalue weighted by atomic mass is 9.78. The van der Waals surface area contributed by atoms with E-state index in [9.17, 15) is 0 Å². The minimum atomic E-state index is 0.780. The summed E-state index contributed by atoms with van der Waals surface area (Å²) in [5.74, 6) is 2.66. The van der Waals surface area contributed by atoms with Crippen LogP contribution in [0.4, 0.5) is 0 Å². The van der Waals surface area contributed by atoms with Crippen LogP contribution < -0.4 is 5.32 Å². The summed E-state index contributed by atoms with van der Waals surface area (Å²) >= 11 is 0. The fraction of sp³-hybridized carbons (Fsp3) is 1.00. The summed E-state index contributed by atoms with van der Waals surface area (Å²) in [6, 6.07) is 0.898. The Morgan fingerprint density at radius 2 is 1.94 bits per heavy atom. The van der Waals surface area contributed by atoms with Gasteiger partial charge in [-0.15, -0.1) is 0 Å². The molecule has 0 spiro atoms. The molecule has 1 saturated heterocycles. The average molecular weight is 252 g/mol. The standard InChI is InChI=1S/C16H32N2/c1-13(2)11-17-12-15-6-7-16(15)18-9-4-5-14(3)8-10-18/h13-17H,4-12H2,1-3H3. The van der Waals surface area contributed by atoms with E-state index in [0.717, 1.165) is 23.8 Å². The number of likely N-dealkylation sites (tertiary alicyclic amines) is 1. The number of nitrogens with zero attached hydrogens (tertiary/aromatic N) is 1. The molecule has 1 aliphatic heterocycles. The summed E-state index contributed by atoms with van der Waals surface area (Å²) < 4.78 is 0. The minimum absolute atomic E-state index is 0.780. The fourth-order valence-electron chi connectivity index (χ4n) is 3.44. The second-order valence-electron chi connectivity index (χ2n) is 7.03. The van der Waals surface area contributed by atoms with Crippen LogP contribution in [-0.4, -0.2) is 37.1 Å². The van der Waals surface area contributed by atoms with Gasteiger partial charge in [0, 0.05) is 6.04 Å². The van der Waals surface area contributed by atoms with Crippen LogP contribution >= 0.6 is 0 Å². The molecule has 0 aromatic carbocycles. The molecule has 2 nitrogen and oxygen atoms in total. The largest absolute Gasteiger partial charge is 0.316 e. The van der Waals surface area contributed by atoms with E-state index in [2.05, 4.69) is 31.0 Å². The molecule has 0 aromatic heterocycles. The highest BCUT2D eigenvalue weighted by Crippen LogP contribution is 2.33. The summed E-state index contributed by atoms with van der Waals surface area (Å²) in [5, 5.41) is 3.65. The Kier molecular flexibility index (Phi) is 5.50. The van der Waals surface area contributed by atoms with Crippen LogP contribution in [0.5, 0.6) is 0 Å². The number of nitrogens with one attached hydrogen (secondary N) is 1. The molecule has 0 amide bonds. The van der Waals surface area contributed by atoms with Gasteiger partial charge in [-0.25, -0.2) is 0 Å². The monoisotopic (exact) mass is 252 g/mol. The molecule has 1 aliphatic carbocycles. The van der Waals surface area contributed by atoms with Crippen LogP contribution in [0, 0.1) is 17.8 Å². The molecule has 0 aromatic rings. The summed E-state index contributed by atoms with van der Waals surface area (Å²) in [4.78, 5) is 2.80. The molecule has 3 unspecified atom stereocenters. The number of hydrogen-bond donors (Lipinski definition) is 1. The normalized spacial score (nSPS) is 34.3. The lowest BCUT2D eigenvalue weighted by molar-refractivity contribution is 0.0636. The molecule has 1 heterocycles. The van der Waals surface area contributed by atoms with E-state index < -0.39 is 0 Å². The Labute approximate surface area is 114 Å². The summed E-state index contributed by atoms with van der Waals surface area (Å²) in [5.41, 5.74) is 0. The molecule has 1 saturated carbocycles. The van der Waals surface area contributed by atoms with Gasteiger partial charge < -0.3 is 10.2 Å². The van der Waals surface area contributed by atoms with Gasteiger partial charge in [-0.2, -0.15) is 0 Å². The topological polar surface area (TPSA) is 15.3 Å². The van der Waals surface area contributed by atoms with Crippen LogP contribution in [0.1, 0.15) is 52.9 Å². The van der Waals surface area contributed by atoms with Gasteiger partial charge in [0.1, 0.15) is 0 Å². The molecule has 0 bridgehead atoms. The first kappa shape index (κ1) is 14.3. The lowest BCUT2D eigenvalue weighted by Crippen LogP contribution is -2.51. The second-order valence-corrected chi connectivity index (χ2v) is 7.03. The van der Waals surface area contributed by atoms with Crippen LogP contribution in [0.2, 0.25) is 0 Å². The van der Waals surface area contributed by atoms with Gasteiger partial charge in [0.15, 0.2) is 0 Å². The molecule has 0 radical (unpaired) electrons. The van der Waals surface area contributed by atoms with Crippen molar-refractivity contribution in [3.05, 3.63) is 0 Å². The first-order chi connectivity index (χ1) is 8.66. The third-order valence-corrected chi connectivity index (χ3v) is 4.86. The molecule has 106 valence electrons. The van der Waals surface area contributed by atoms with Gasteiger partial charge in [0.25, 0.3) is 0 Å². The first-order valence-electron chi connectivity index (χ1n) is 8.11. The first-order valence-corrected chi connectivity index (χ1v) is 8.11. The van der Waals surface area contributed by atoms with Crippen molar-refractivity contribution in [3.63, 3.8) is 0 Å². The van der Waals surface area contributed by atoms with Crippen molar-refractivity contribution in [3.8, 4) is 0 Å². The van der Waals surface area contributed by atoms with Crippen molar-refractivity contribution in [1.82, 2.24) is 10.2 Å².